The fourth-order valence-corrected chi connectivity index (χ4v) is 1.16. The molecule has 1 aliphatic rings. The van der Waals surface area contributed by atoms with Crippen molar-refractivity contribution in [3.05, 3.63) is 12.3 Å². The van der Waals surface area contributed by atoms with Crippen molar-refractivity contribution in [1.82, 2.24) is 4.90 Å². The monoisotopic (exact) mass is 154 g/mol. The van der Waals surface area contributed by atoms with Crippen molar-refractivity contribution in [2.75, 3.05) is 0 Å². The Kier molecular flexibility index (Phi) is 2.29. The number of allylic oxidation sites excluding steroid dienone is 1. The fraction of sp³-hybridized carbons (Fsp3) is 0.625. The maximum absolute atomic E-state index is 9.24. The fourth-order valence-electron chi connectivity index (χ4n) is 1.16. The molecule has 3 nitrogen and oxygen atoms in total. The first-order valence-corrected chi connectivity index (χ1v) is 3.79. The van der Waals surface area contributed by atoms with Gasteiger partial charge < -0.3 is 10.0 Å². The number of nitrogens with zero attached hydrogens (tertiary/aromatic N) is 2. The molecule has 0 aromatic rings. The Labute approximate surface area is 67.0 Å². The highest BCUT2D eigenvalue weighted by molar-refractivity contribution is 5.93. The van der Waals surface area contributed by atoms with Crippen LogP contribution in [0.2, 0.25) is 0 Å². The summed E-state index contributed by atoms with van der Waals surface area (Å²) in [5.41, 5.74) is 1.01. The largest absolute Gasteiger partial charge is 0.374 e. The van der Waals surface area contributed by atoms with Gasteiger partial charge in [0, 0.05) is 11.9 Å². The third-order valence-corrected chi connectivity index (χ3v) is 1.74. The van der Waals surface area contributed by atoms with Gasteiger partial charge in [0.25, 0.3) is 0 Å². The molecule has 0 saturated heterocycles. The van der Waals surface area contributed by atoms with Gasteiger partial charge in [-0.25, -0.2) is 0 Å². The molecule has 1 rings (SSSR count). The van der Waals surface area contributed by atoms with Gasteiger partial charge in [-0.15, -0.1) is 0 Å². The minimum atomic E-state index is -0.460. The Morgan fingerprint density at radius 3 is 2.82 bits per heavy atom. The van der Waals surface area contributed by atoms with E-state index in [1.165, 1.54) is 0 Å². The number of rotatable bonds is 1. The summed E-state index contributed by atoms with van der Waals surface area (Å²) in [5.74, 6) is 0. The van der Waals surface area contributed by atoms with Crippen LogP contribution in [0.25, 0.3) is 0 Å². The van der Waals surface area contributed by atoms with E-state index < -0.39 is 6.23 Å². The van der Waals surface area contributed by atoms with Crippen molar-refractivity contribution in [3.63, 3.8) is 0 Å². The lowest BCUT2D eigenvalue weighted by Crippen LogP contribution is -2.36. The van der Waals surface area contributed by atoms with Gasteiger partial charge >= 0.3 is 0 Å². The lowest BCUT2D eigenvalue weighted by atomic mass is 10.3. The second kappa shape index (κ2) is 3.05. The third kappa shape index (κ3) is 1.80. The Morgan fingerprint density at radius 1 is 1.73 bits per heavy atom. The minimum absolute atomic E-state index is 0.0556. The van der Waals surface area contributed by atoms with E-state index in [9.17, 15) is 5.11 Å². The Hall–Kier alpha value is -0.830. The molecular weight excluding hydrogens is 140 g/mol. The van der Waals surface area contributed by atoms with Crippen LogP contribution in [0, 0.1) is 0 Å². The summed E-state index contributed by atoms with van der Waals surface area (Å²) in [7, 11) is 0. The standard InChI is InChI=1S/C8H14N2O/c1-6-4-5-10(8(3)11)7(2)9-6/h4-5,7-8,11H,1-3H3. The predicted octanol–water partition coefficient (Wildman–Crippen LogP) is 0.961. The van der Waals surface area contributed by atoms with Crippen LogP contribution in [0.5, 0.6) is 0 Å². The summed E-state index contributed by atoms with van der Waals surface area (Å²) in [5, 5.41) is 9.24. The van der Waals surface area contributed by atoms with E-state index in [-0.39, 0.29) is 6.17 Å². The van der Waals surface area contributed by atoms with Gasteiger partial charge in [0.15, 0.2) is 0 Å². The average molecular weight is 154 g/mol. The van der Waals surface area contributed by atoms with Crippen LogP contribution >= 0.6 is 0 Å². The van der Waals surface area contributed by atoms with Crippen molar-refractivity contribution in [2.45, 2.75) is 33.2 Å². The smallest absolute Gasteiger partial charge is 0.125 e. The molecule has 0 aliphatic carbocycles. The molecule has 0 spiro atoms. The van der Waals surface area contributed by atoms with Crippen LogP contribution in [0.15, 0.2) is 17.3 Å². The van der Waals surface area contributed by atoms with Crippen LogP contribution in [0.4, 0.5) is 0 Å². The Bertz CT molecular complexity index is 196. The summed E-state index contributed by atoms with van der Waals surface area (Å²) in [6, 6.07) is 0. The highest BCUT2D eigenvalue weighted by atomic mass is 16.3. The molecule has 62 valence electrons. The van der Waals surface area contributed by atoms with Gasteiger partial charge in [0.2, 0.25) is 0 Å². The van der Waals surface area contributed by atoms with Crippen LogP contribution < -0.4 is 0 Å². The van der Waals surface area contributed by atoms with Crippen LogP contribution in [0.1, 0.15) is 20.8 Å². The summed E-state index contributed by atoms with van der Waals surface area (Å²) >= 11 is 0. The van der Waals surface area contributed by atoms with E-state index in [1.807, 2.05) is 26.1 Å². The van der Waals surface area contributed by atoms with Crippen molar-refractivity contribution in [2.24, 2.45) is 4.99 Å². The SMILES string of the molecule is CC1=NC(C)N(C(C)O)C=C1. The Balaban J connectivity index is 2.69. The van der Waals surface area contributed by atoms with Crippen LogP contribution in [-0.2, 0) is 0 Å². The van der Waals surface area contributed by atoms with Gasteiger partial charge in [-0.1, -0.05) is 0 Å². The lowest BCUT2D eigenvalue weighted by Gasteiger charge is -2.30. The topological polar surface area (TPSA) is 35.8 Å². The molecule has 3 heteroatoms. The molecule has 2 unspecified atom stereocenters. The van der Waals surface area contributed by atoms with Crippen molar-refractivity contribution in [1.29, 1.82) is 0 Å². The zero-order valence-electron chi connectivity index (χ0n) is 7.15. The molecule has 0 fully saturated rings. The van der Waals surface area contributed by atoms with E-state index in [0.29, 0.717) is 0 Å². The van der Waals surface area contributed by atoms with Crippen molar-refractivity contribution in [3.8, 4) is 0 Å². The van der Waals surface area contributed by atoms with Gasteiger partial charge in [-0.05, 0) is 26.8 Å². The minimum Gasteiger partial charge on any atom is -0.374 e. The van der Waals surface area contributed by atoms with Crippen LogP contribution in [0.3, 0.4) is 0 Å². The maximum Gasteiger partial charge on any atom is 0.125 e. The third-order valence-electron chi connectivity index (χ3n) is 1.74. The average Bonchev–Trinajstić information content (AvgIpc) is 1.85. The highest BCUT2D eigenvalue weighted by Crippen LogP contribution is 2.10. The van der Waals surface area contributed by atoms with Crippen molar-refractivity contribution >= 4 is 5.71 Å². The molecule has 1 aliphatic heterocycles. The van der Waals surface area contributed by atoms with E-state index in [2.05, 4.69) is 4.99 Å². The molecule has 0 amide bonds. The van der Waals surface area contributed by atoms with Gasteiger partial charge in [-0.3, -0.25) is 4.99 Å². The zero-order valence-corrected chi connectivity index (χ0v) is 7.15. The number of hydrogen-bond acceptors (Lipinski definition) is 3. The first kappa shape index (κ1) is 8.27. The number of hydrogen-bond donors (Lipinski definition) is 1. The molecule has 11 heavy (non-hydrogen) atoms. The summed E-state index contributed by atoms with van der Waals surface area (Å²) in [6.45, 7) is 5.64. The molecule has 2 atom stereocenters. The number of aliphatic hydroxyl groups is 1. The van der Waals surface area contributed by atoms with E-state index in [4.69, 9.17) is 0 Å². The molecule has 1 N–H and O–H groups in total. The Morgan fingerprint density at radius 2 is 2.36 bits per heavy atom. The molecule has 0 bridgehead atoms. The normalized spacial score (nSPS) is 26.7. The van der Waals surface area contributed by atoms with Gasteiger partial charge in [0.1, 0.15) is 12.4 Å². The van der Waals surface area contributed by atoms with E-state index >= 15 is 0 Å². The molecule has 1 heterocycles. The van der Waals surface area contributed by atoms with Crippen LogP contribution in [-0.4, -0.2) is 28.1 Å². The molecule has 0 saturated carbocycles. The molecule has 0 radical (unpaired) electrons. The second-order valence-corrected chi connectivity index (χ2v) is 2.80. The highest BCUT2D eigenvalue weighted by Gasteiger charge is 2.15. The van der Waals surface area contributed by atoms with Gasteiger partial charge in [-0.2, -0.15) is 0 Å². The quantitative estimate of drug-likeness (QED) is 0.610. The maximum atomic E-state index is 9.24. The number of aliphatic imine (C=N–C) groups is 1. The van der Waals surface area contributed by atoms with E-state index in [1.54, 1.807) is 11.8 Å². The molecule has 0 aromatic heterocycles. The van der Waals surface area contributed by atoms with Gasteiger partial charge in [0.05, 0.1) is 0 Å². The second-order valence-electron chi connectivity index (χ2n) is 2.80. The lowest BCUT2D eigenvalue weighted by molar-refractivity contribution is 0.0315. The van der Waals surface area contributed by atoms with E-state index in [0.717, 1.165) is 5.71 Å². The predicted molar refractivity (Wildman–Crippen MR) is 45.2 cm³/mol. The summed E-state index contributed by atoms with van der Waals surface area (Å²) in [4.78, 5) is 6.08. The first-order valence-electron chi connectivity index (χ1n) is 3.79. The number of aliphatic hydroxyl groups excluding tert-OH is 1. The first-order chi connectivity index (χ1) is 5.11. The molecular formula is C8H14N2O. The zero-order chi connectivity index (χ0) is 8.43. The molecule has 0 aromatic carbocycles. The summed E-state index contributed by atoms with van der Waals surface area (Å²) in [6.07, 6.45) is 3.36. The summed E-state index contributed by atoms with van der Waals surface area (Å²) < 4.78 is 0. The van der Waals surface area contributed by atoms with Crippen molar-refractivity contribution < 1.29 is 5.11 Å².